The number of hydrogen-bond donors (Lipinski definition) is 2. The fourth-order valence-corrected chi connectivity index (χ4v) is 0. The van der Waals surface area contributed by atoms with Crippen LogP contribution >= 0.6 is 0 Å². The fourth-order valence-electron chi connectivity index (χ4n) is 0. The molecule has 0 atom stereocenters. The van der Waals surface area contributed by atoms with Crippen LogP contribution in [-0.2, 0) is 43.4 Å². The van der Waals surface area contributed by atoms with Crippen LogP contribution in [0.15, 0.2) is 0 Å². The molecule has 0 unspecified atom stereocenters. The molecule has 0 fully saturated rings. The molecule has 0 radical (unpaired) electrons. The molecule has 3 nitrogen and oxygen atoms in total. The van der Waals surface area contributed by atoms with E-state index in [4.69, 9.17) is 14.1 Å². The monoisotopic (exact) mass is 226 g/mol. The van der Waals surface area contributed by atoms with Gasteiger partial charge in [0.2, 0.25) is 0 Å². The molecule has 0 aromatic heterocycles. The number of rotatable bonds is 0. The average Bonchev–Trinajstić information content (AvgIpc) is 0.811. The van der Waals surface area contributed by atoms with Gasteiger partial charge in [-0.3, -0.25) is 9.17 Å². The zero-order chi connectivity index (χ0) is 3.58. The van der Waals surface area contributed by atoms with Gasteiger partial charge in [0.1, 0.15) is 0 Å². The van der Waals surface area contributed by atoms with Gasteiger partial charge in [-0.1, -0.05) is 0 Å². The Morgan fingerprint density at radius 3 is 1.14 bits per heavy atom. The third-order valence-corrected chi connectivity index (χ3v) is 0. The Kier molecular flexibility index (Phi) is 56.6. The Bertz CT molecular complexity index is 35.9. The van der Waals surface area contributed by atoms with Crippen molar-refractivity contribution >= 4 is 9.17 Å². The van der Waals surface area contributed by atoms with Crippen molar-refractivity contribution in [2.45, 2.75) is 0 Å². The molecule has 0 aromatic rings. The number of hydrogen-bond acceptors (Lipinski definition) is 1. The minimum atomic E-state index is -3.13. The van der Waals surface area contributed by atoms with E-state index < -0.39 is 9.17 Å². The smallest absolute Gasteiger partial charge is 0.511 e. The summed E-state index contributed by atoms with van der Waals surface area (Å²) >= 11 is 0. The van der Waals surface area contributed by atoms with E-state index in [1.54, 1.807) is 0 Å². The molecule has 7 heavy (non-hydrogen) atoms. The summed E-state index contributed by atoms with van der Waals surface area (Å²) in [7, 11) is -3.13. The van der Waals surface area contributed by atoms with Gasteiger partial charge >= 0.3 is 9.17 Å². The third kappa shape index (κ3) is 248. The minimum Gasteiger partial charge on any atom is -0.511 e. The summed E-state index contributed by atoms with van der Waals surface area (Å²) in [4.78, 5) is 14.3. The zero-order valence-electron chi connectivity index (χ0n) is 3.63. The van der Waals surface area contributed by atoms with Gasteiger partial charge in [0.15, 0.2) is 0 Å². The molecule has 0 saturated heterocycles. The maximum absolute atomic E-state index is 8.74. The van der Waals surface area contributed by atoms with Crippen LogP contribution in [-0.4, -0.2) is 18.8 Å². The Balaban J connectivity index is -0.0000000150. The van der Waals surface area contributed by atoms with Gasteiger partial charge in [-0.2, -0.15) is 0 Å². The first-order valence-electron chi connectivity index (χ1n) is 0.651. The molecule has 0 aromatic carbocycles. The molecule has 2 N–H and O–H groups in total. The second-order valence-corrected chi connectivity index (χ2v) is 0.848. The first-order valence-corrected chi connectivity index (χ1v) is 1.95. The molecule has 7 heteroatoms. The molecule has 0 saturated carbocycles. The van der Waals surface area contributed by atoms with Gasteiger partial charge in [-0.25, -0.2) is 0 Å². The van der Waals surface area contributed by atoms with Crippen LogP contribution in [0.4, 0.5) is 4.70 Å². The Hall–Kier alpha value is 0.794. The van der Waals surface area contributed by atoms with E-state index in [-0.39, 0.29) is 43.7 Å². The molecule has 36 valence electrons. The first-order chi connectivity index (χ1) is 1.73. The van der Waals surface area contributed by atoms with Crippen LogP contribution in [0.2, 0.25) is 0 Å². The molecule has 0 aliphatic carbocycles. The Morgan fingerprint density at radius 2 is 1.14 bits per heavy atom. The topological polar surface area (TPSA) is 57.5 Å². The molecule has 0 heterocycles. The van der Waals surface area contributed by atoms with E-state index >= 15 is 0 Å². The second kappa shape index (κ2) is 15.8. The summed E-state index contributed by atoms with van der Waals surface area (Å²) in [5, 5.41) is 0. The summed E-state index contributed by atoms with van der Waals surface area (Å²) in [6.45, 7) is 0. The quantitative estimate of drug-likeness (QED) is 0.498. The predicted molar refractivity (Wildman–Crippen MR) is 13.4 cm³/mol. The summed E-state index contributed by atoms with van der Waals surface area (Å²) in [5.74, 6) is 0. The minimum absolute atomic E-state index is 0. The van der Waals surface area contributed by atoms with Crippen molar-refractivity contribution < 1.29 is 57.7 Å². The van der Waals surface area contributed by atoms with E-state index in [1.165, 1.54) is 0 Å². The third-order valence-electron chi connectivity index (χ3n) is 0. The van der Waals surface area contributed by atoms with Crippen molar-refractivity contribution in [3.8, 4) is 0 Å². The molecule has 0 amide bonds. The SMILES string of the molecule is F.O=[Si](O)O.[Zn].[Zn]. The standard InChI is InChI=1S/FH.H2O3Si.2Zn/c;1-4(2)3;;/h1H;1-2H;;. The van der Waals surface area contributed by atoms with Crippen LogP contribution < -0.4 is 0 Å². The van der Waals surface area contributed by atoms with Crippen molar-refractivity contribution in [1.82, 2.24) is 0 Å². The van der Waals surface area contributed by atoms with Crippen LogP contribution in [0.5, 0.6) is 0 Å². The average molecular weight is 229 g/mol. The Labute approximate surface area is 66.9 Å². The number of halogens is 1. The van der Waals surface area contributed by atoms with Crippen molar-refractivity contribution in [2.75, 3.05) is 0 Å². The molecule has 0 aliphatic rings. The van der Waals surface area contributed by atoms with Gasteiger partial charge in [0.25, 0.3) is 0 Å². The van der Waals surface area contributed by atoms with Gasteiger partial charge in [-0.05, 0) is 0 Å². The molecule has 0 spiro atoms. The van der Waals surface area contributed by atoms with E-state index in [0.717, 1.165) is 0 Å². The van der Waals surface area contributed by atoms with Crippen LogP contribution in [0, 0.1) is 0 Å². The van der Waals surface area contributed by atoms with E-state index in [2.05, 4.69) is 0 Å². The molecular weight excluding hydrogens is 226 g/mol. The van der Waals surface area contributed by atoms with Crippen molar-refractivity contribution in [2.24, 2.45) is 0 Å². The first kappa shape index (κ1) is 25.0. The van der Waals surface area contributed by atoms with Gasteiger partial charge in [0.05, 0.1) is 0 Å². The summed E-state index contributed by atoms with van der Waals surface area (Å²) in [6.07, 6.45) is 0. The van der Waals surface area contributed by atoms with Gasteiger partial charge in [0, 0.05) is 39.0 Å². The van der Waals surface area contributed by atoms with Crippen molar-refractivity contribution in [3.05, 3.63) is 0 Å². The van der Waals surface area contributed by atoms with Crippen LogP contribution in [0.25, 0.3) is 0 Å². The van der Waals surface area contributed by atoms with E-state index in [9.17, 15) is 0 Å². The van der Waals surface area contributed by atoms with E-state index in [1.807, 2.05) is 0 Å². The predicted octanol–water partition coefficient (Wildman–Crippen LogP) is -1.47. The summed E-state index contributed by atoms with van der Waals surface area (Å²) in [5.41, 5.74) is 0. The fraction of sp³-hybridized carbons (Fsp3) is 0. The Morgan fingerprint density at radius 1 is 1.14 bits per heavy atom. The van der Waals surface area contributed by atoms with Crippen molar-refractivity contribution in [1.29, 1.82) is 0 Å². The maximum Gasteiger partial charge on any atom is 0.761 e. The zero-order valence-corrected chi connectivity index (χ0v) is 10.6. The largest absolute Gasteiger partial charge is 0.761 e. The normalized spacial score (nSPS) is 3.43. The molecule has 0 aliphatic heterocycles. The van der Waals surface area contributed by atoms with Gasteiger partial charge < -0.3 is 9.59 Å². The summed E-state index contributed by atoms with van der Waals surface area (Å²) in [6, 6.07) is 0. The van der Waals surface area contributed by atoms with E-state index in [0.29, 0.717) is 0 Å². The van der Waals surface area contributed by atoms with Crippen molar-refractivity contribution in [3.63, 3.8) is 0 Å². The second-order valence-electron chi connectivity index (χ2n) is 0.283. The molecule has 0 rings (SSSR count). The van der Waals surface area contributed by atoms with Gasteiger partial charge in [-0.15, -0.1) is 0 Å². The molecule has 0 bridgehead atoms. The molecular formula is H3FO3SiZn2. The van der Waals surface area contributed by atoms with Crippen LogP contribution in [0.1, 0.15) is 0 Å². The van der Waals surface area contributed by atoms with Crippen LogP contribution in [0.3, 0.4) is 0 Å². The maximum atomic E-state index is 8.74. The summed E-state index contributed by atoms with van der Waals surface area (Å²) < 4.78 is 8.74.